The molecule has 1 aromatic rings. The number of rotatable bonds is 4. The van der Waals surface area contributed by atoms with Crippen LogP contribution in [0.15, 0.2) is 48.2 Å². The van der Waals surface area contributed by atoms with Gasteiger partial charge < -0.3 is 4.90 Å². The molecule has 0 atom stereocenters. The maximum absolute atomic E-state index is 12.8. The van der Waals surface area contributed by atoms with Gasteiger partial charge in [-0.2, -0.15) is 0 Å². The number of carbonyl (C=O) groups excluding carboxylic acids is 1. The molecule has 1 aliphatic rings. The molecule has 1 aliphatic heterocycles. The number of hydrogen-bond acceptors (Lipinski definition) is 2. The number of nitrogens with zero attached hydrogens (tertiary/aromatic N) is 1. The molecular formula is C23H31NO. The Balaban J connectivity index is 2.20. The highest BCUT2D eigenvalue weighted by Crippen LogP contribution is 2.37. The summed E-state index contributed by atoms with van der Waals surface area (Å²) in [5.74, 6) is 0.108. The van der Waals surface area contributed by atoms with Crippen LogP contribution in [0.25, 0.3) is 12.2 Å². The average Bonchev–Trinajstić information content (AvgIpc) is 2.52. The average molecular weight is 338 g/mol. The van der Waals surface area contributed by atoms with Gasteiger partial charge in [-0.3, -0.25) is 4.79 Å². The van der Waals surface area contributed by atoms with Crippen molar-refractivity contribution in [1.29, 1.82) is 0 Å². The first-order chi connectivity index (χ1) is 11.6. The predicted molar refractivity (Wildman–Crippen MR) is 108 cm³/mol. The molecule has 1 aromatic carbocycles. The third kappa shape index (κ3) is 4.94. The van der Waals surface area contributed by atoms with Crippen LogP contribution in [0.5, 0.6) is 0 Å². The number of hydrogen-bond donors (Lipinski definition) is 0. The summed E-state index contributed by atoms with van der Waals surface area (Å²) in [6.07, 6.45) is 10.8. The minimum absolute atomic E-state index is 0.0361. The fourth-order valence-electron chi connectivity index (χ4n) is 3.03. The van der Waals surface area contributed by atoms with Crippen molar-refractivity contribution >= 4 is 17.9 Å². The summed E-state index contributed by atoms with van der Waals surface area (Å²) in [6.45, 7) is 13.9. The molecule has 0 unspecified atom stereocenters. The van der Waals surface area contributed by atoms with Crippen LogP contribution in [0.4, 0.5) is 0 Å². The SMILES string of the molecule is C/C=C/c1ccc(/C=C/C(=O)C2=CN(C(C)(C)C)CCC2(C)C)cc1. The highest BCUT2D eigenvalue weighted by Gasteiger charge is 2.34. The van der Waals surface area contributed by atoms with E-state index in [2.05, 4.69) is 63.9 Å². The highest BCUT2D eigenvalue weighted by molar-refractivity contribution is 6.07. The Morgan fingerprint density at radius 1 is 1.08 bits per heavy atom. The number of ketones is 1. The van der Waals surface area contributed by atoms with Gasteiger partial charge in [-0.15, -0.1) is 0 Å². The van der Waals surface area contributed by atoms with E-state index in [1.165, 1.54) is 5.56 Å². The molecule has 0 N–H and O–H groups in total. The Morgan fingerprint density at radius 2 is 1.64 bits per heavy atom. The molecule has 2 nitrogen and oxygen atoms in total. The molecule has 2 heteroatoms. The summed E-state index contributed by atoms with van der Waals surface area (Å²) in [5.41, 5.74) is 3.06. The second-order valence-corrected chi connectivity index (χ2v) is 8.41. The molecule has 0 amide bonds. The molecule has 0 fully saturated rings. The van der Waals surface area contributed by atoms with Crippen LogP contribution < -0.4 is 0 Å². The molecule has 1 heterocycles. The van der Waals surface area contributed by atoms with Gasteiger partial charge >= 0.3 is 0 Å². The largest absolute Gasteiger partial charge is 0.372 e. The molecule has 0 spiro atoms. The second-order valence-electron chi connectivity index (χ2n) is 8.41. The first-order valence-corrected chi connectivity index (χ1v) is 9.08. The van der Waals surface area contributed by atoms with Crippen LogP contribution in [-0.4, -0.2) is 22.8 Å². The van der Waals surface area contributed by atoms with Gasteiger partial charge in [0.1, 0.15) is 0 Å². The van der Waals surface area contributed by atoms with Crippen molar-refractivity contribution in [3.05, 3.63) is 59.3 Å². The van der Waals surface area contributed by atoms with Gasteiger partial charge in [-0.25, -0.2) is 0 Å². The van der Waals surface area contributed by atoms with Crippen LogP contribution >= 0.6 is 0 Å². The predicted octanol–water partition coefficient (Wildman–Crippen LogP) is 5.72. The summed E-state index contributed by atoms with van der Waals surface area (Å²) < 4.78 is 0. The van der Waals surface area contributed by atoms with E-state index in [4.69, 9.17) is 0 Å². The molecule has 25 heavy (non-hydrogen) atoms. The van der Waals surface area contributed by atoms with Gasteiger partial charge in [0.25, 0.3) is 0 Å². The maximum Gasteiger partial charge on any atom is 0.183 e. The molecule has 0 saturated heterocycles. The van der Waals surface area contributed by atoms with Gasteiger partial charge in [-0.05, 0) is 56.7 Å². The zero-order valence-electron chi connectivity index (χ0n) is 16.5. The Kier molecular flexibility index (Phi) is 5.72. The summed E-state index contributed by atoms with van der Waals surface area (Å²) >= 11 is 0. The minimum atomic E-state index is -0.0844. The van der Waals surface area contributed by atoms with E-state index in [0.29, 0.717) is 0 Å². The lowest BCUT2D eigenvalue weighted by atomic mass is 9.76. The zero-order chi connectivity index (χ0) is 18.7. The van der Waals surface area contributed by atoms with Crippen LogP contribution in [0.2, 0.25) is 0 Å². The maximum atomic E-state index is 12.8. The summed E-state index contributed by atoms with van der Waals surface area (Å²) in [6, 6.07) is 8.21. The van der Waals surface area contributed by atoms with E-state index in [1.54, 1.807) is 6.08 Å². The third-order valence-electron chi connectivity index (χ3n) is 4.84. The number of carbonyl (C=O) groups is 1. The minimum Gasteiger partial charge on any atom is -0.372 e. The second kappa shape index (κ2) is 7.43. The standard InChI is InChI=1S/C23H31NO/c1-7-8-18-9-11-19(12-10-18)13-14-21(25)20-17-24(22(2,3)4)16-15-23(20,5)6/h7-14,17H,15-16H2,1-6H3/b8-7+,14-13+. The lowest BCUT2D eigenvalue weighted by molar-refractivity contribution is -0.112. The molecule has 0 saturated carbocycles. The van der Waals surface area contributed by atoms with Crippen molar-refractivity contribution in [3.63, 3.8) is 0 Å². The van der Waals surface area contributed by atoms with Crippen LogP contribution in [-0.2, 0) is 4.79 Å². The lowest BCUT2D eigenvalue weighted by Crippen LogP contribution is -2.44. The topological polar surface area (TPSA) is 20.3 Å². The lowest BCUT2D eigenvalue weighted by Gasteiger charge is -2.43. The van der Waals surface area contributed by atoms with Crippen LogP contribution in [0, 0.1) is 5.41 Å². The van der Waals surface area contributed by atoms with Crippen molar-refractivity contribution in [1.82, 2.24) is 4.90 Å². The quantitative estimate of drug-likeness (QED) is 0.655. The van der Waals surface area contributed by atoms with Crippen LogP contribution in [0.3, 0.4) is 0 Å². The van der Waals surface area contributed by atoms with Crippen LogP contribution in [0.1, 0.15) is 59.1 Å². The van der Waals surface area contributed by atoms with Crippen molar-refractivity contribution in [2.45, 2.75) is 53.5 Å². The third-order valence-corrected chi connectivity index (χ3v) is 4.84. The molecule has 0 radical (unpaired) electrons. The first-order valence-electron chi connectivity index (χ1n) is 9.08. The summed E-state index contributed by atoms with van der Waals surface area (Å²) in [7, 11) is 0. The normalized spacial score (nSPS) is 18.0. The van der Waals surface area contributed by atoms with E-state index in [0.717, 1.165) is 24.1 Å². The molecular weight excluding hydrogens is 306 g/mol. The number of allylic oxidation sites excluding steroid dienone is 3. The van der Waals surface area contributed by atoms with Gasteiger partial charge in [0.15, 0.2) is 5.78 Å². The number of benzene rings is 1. The summed E-state index contributed by atoms with van der Waals surface area (Å²) in [4.78, 5) is 15.1. The molecule has 0 aliphatic carbocycles. The van der Waals surface area contributed by atoms with E-state index in [9.17, 15) is 4.79 Å². The Bertz CT molecular complexity index is 697. The monoisotopic (exact) mass is 337 g/mol. The van der Waals surface area contributed by atoms with E-state index >= 15 is 0 Å². The fourth-order valence-corrected chi connectivity index (χ4v) is 3.03. The molecule has 0 bridgehead atoms. The first kappa shape index (κ1) is 19.2. The van der Waals surface area contributed by atoms with Crippen molar-refractivity contribution < 1.29 is 4.79 Å². The van der Waals surface area contributed by atoms with Crippen molar-refractivity contribution in [2.24, 2.45) is 5.41 Å². The van der Waals surface area contributed by atoms with Gasteiger partial charge in [-0.1, -0.05) is 56.3 Å². The smallest absolute Gasteiger partial charge is 0.183 e. The Hall–Kier alpha value is -2.09. The van der Waals surface area contributed by atoms with Gasteiger partial charge in [0, 0.05) is 23.9 Å². The van der Waals surface area contributed by atoms with Crippen molar-refractivity contribution in [2.75, 3.05) is 6.54 Å². The summed E-state index contributed by atoms with van der Waals surface area (Å²) in [5, 5.41) is 0. The molecule has 2 rings (SSSR count). The molecule has 0 aromatic heterocycles. The fraction of sp³-hybridized carbons (Fsp3) is 0.435. The van der Waals surface area contributed by atoms with Crippen molar-refractivity contribution in [3.8, 4) is 0 Å². The highest BCUT2D eigenvalue weighted by atomic mass is 16.1. The van der Waals surface area contributed by atoms with E-state index in [-0.39, 0.29) is 16.7 Å². The zero-order valence-corrected chi connectivity index (χ0v) is 16.5. The van der Waals surface area contributed by atoms with Gasteiger partial charge in [0.2, 0.25) is 0 Å². The molecule has 134 valence electrons. The van der Waals surface area contributed by atoms with Gasteiger partial charge in [0.05, 0.1) is 0 Å². The Morgan fingerprint density at radius 3 is 2.16 bits per heavy atom. The van der Waals surface area contributed by atoms with E-state index < -0.39 is 0 Å². The van der Waals surface area contributed by atoms with E-state index in [1.807, 2.05) is 31.2 Å². The Labute approximate surface area is 152 Å².